The van der Waals surface area contributed by atoms with Crippen LogP contribution in [0.5, 0.6) is 0 Å². The van der Waals surface area contributed by atoms with Crippen molar-refractivity contribution in [2.24, 2.45) is 10.9 Å². The Hall–Kier alpha value is -4.12. The minimum atomic E-state index is -4.45. The summed E-state index contributed by atoms with van der Waals surface area (Å²) in [6, 6.07) is 11.8. The summed E-state index contributed by atoms with van der Waals surface area (Å²) in [5.41, 5.74) is 1.04. The predicted octanol–water partition coefficient (Wildman–Crippen LogP) is 6.14. The number of rotatable bonds is 6. The topological polar surface area (TPSA) is 50.5 Å². The maximum absolute atomic E-state index is 13.2. The number of carbonyl (C=O) groups is 1. The van der Waals surface area contributed by atoms with Crippen LogP contribution in [0.4, 0.5) is 13.2 Å². The molecule has 37 heavy (non-hydrogen) atoms. The summed E-state index contributed by atoms with van der Waals surface area (Å²) in [4.78, 5) is 19.0. The number of carbonyl (C=O) groups excluding carboxylic acids is 1. The zero-order valence-corrected chi connectivity index (χ0v) is 20.4. The first kappa shape index (κ1) is 26.0. The second-order valence-electron chi connectivity index (χ2n) is 8.89. The van der Waals surface area contributed by atoms with Gasteiger partial charge in [-0.1, -0.05) is 24.0 Å². The predicted molar refractivity (Wildman–Crippen MR) is 138 cm³/mol. The summed E-state index contributed by atoms with van der Waals surface area (Å²) >= 11 is 0. The number of nitrogens with zero attached hydrogens (tertiary/aromatic N) is 4. The van der Waals surface area contributed by atoms with Crippen molar-refractivity contribution >= 4 is 12.1 Å². The van der Waals surface area contributed by atoms with E-state index in [1.807, 2.05) is 12.4 Å². The first-order valence-electron chi connectivity index (χ1n) is 12.1. The molecule has 4 rings (SSSR count). The Kier molecular flexibility index (Phi) is 8.24. The molecule has 2 heterocycles. The molecular formula is C29H27F3N4O. The third kappa shape index (κ3) is 6.98. The van der Waals surface area contributed by atoms with E-state index in [1.54, 1.807) is 53.3 Å². The molecule has 3 aromatic rings. The minimum absolute atomic E-state index is 0.145. The molecule has 1 aromatic heterocycles. The van der Waals surface area contributed by atoms with Gasteiger partial charge in [-0.2, -0.15) is 18.3 Å². The third-order valence-corrected chi connectivity index (χ3v) is 6.16. The van der Waals surface area contributed by atoms with Gasteiger partial charge in [0.15, 0.2) is 0 Å². The number of hydrogen-bond donors (Lipinski definition) is 0. The molecule has 1 atom stereocenters. The number of allylic oxidation sites excluding steroid dienone is 1. The molecular weight excluding hydrogens is 477 g/mol. The van der Waals surface area contributed by atoms with Crippen LogP contribution in [-0.4, -0.2) is 40.4 Å². The number of halogens is 3. The summed E-state index contributed by atoms with van der Waals surface area (Å²) in [7, 11) is 1.77. The smallest absolute Gasteiger partial charge is 0.342 e. The number of aliphatic imine (C=N–C) groups is 1. The van der Waals surface area contributed by atoms with E-state index in [1.165, 1.54) is 12.1 Å². The first-order chi connectivity index (χ1) is 17.8. The molecule has 0 bridgehead atoms. The number of hydrogen-bond acceptors (Lipinski definition) is 3. The Bertz CT molecular complexity index is 1350. The van der Waals surface area contributed by atoms with Crippen LogP contribution in [0.2, 0.25) is 0 Å². The van der Waals surface area contributed by atoms with Gasteiger partial charge in [0.2, 0.25) is 0 Å². The van der Waals surface area contributed by atoms with Crippen LogP contribution in [0.25, 0.3) is 5.69 Å². The van der Waals surface area contributed by atoms with Crippen molar-refractivity contribution < 1.29 is 18.0 Å². The summed E-state index contributed by atoms with van der Waals surface area (Å²) in [6.07, 6.45) is 8.65. The van der Waals surface area contributed by atoms with Crippen LogP contribution >= 0.6 is 0 Å². The second-order valence-corrected chi connectivity index (χ2v) is 8.89. The molecule has 0 saturated heterocycles. The Labute approximate surface area is 214 Å². The third-order valence-electron chi connectivity index (χ3n) is 6.16. The molecule has 0 aliphatic carbocycles. The maximum Gasteiger partial charge on any atom is 0.416 e. The van der Waals surface area contributed by atoms with Crippen molar-refractivity contribution in [1.82, 2.24) is 14.7 Å². The van der Waals surface area contributed by atoms with Crippen LogP contribution in [0, 0.1) is 17.8 Å². The molecule has 0 fully saturated rings. The molecule has 0 saturated carbocycles. The largest absolute Gasteiger partial charge is 0.416 e. The van der Waals surface area contributed by atoms with Gasteiger partial charge < -0.3 is 4.90 Å². The van der Waals surface area contributed by atoms with Gasteiger partial charge in [0.25, 0.3) is 5.91 Å². The highest BCUT2D eigenvalue weighted by Gasteiger charge is 2.30. The zero-order chi connectivity index (χ0) is 26.3. The molecule has 1 amide bonds. The SMILES string of the molecule is CN(CCCC1C=CN=CCC1)C(=O)c1ccc(-n2cccn2)c(C#Cc2cccc(C(F)(F)F)c2)c1. The van der Waals surface area contributed by atoms with E-state index in [0.29, 0.717) is 29.3 Å². The number of amides is 1. The standard InChI is InChI=1S/C29H27F3N4O/c1-35(18-4-8-22-7-3-15-33-17-14-22)28(37)25-12-13-27(36-19-5-16-34-36)24(21-25)11-10-23-6-2-9-26(20-23)29(30,31)32/h2,5-6,9,12-17,19-22H,3-4,7-8,18H2,1H3. The van der Waals surface area contributed by atoms with E-state index in [9.17, 15) is 18.0 Å². The lowest BCUT2D eigenvalue weighted by molar-refractivity contribution is -0.137. The molecule has 2 aromatic carbocycles. The van der Waals surface area contributed by atoms with E-state index in [4.69, 9.17) is 0 Å². The van der Waals surface area contributed by atoms with Gasteiger partial charge in [0, 0.05) is 49.5 Å². The molecule has 0 N–H and O–H groups in total. The number of benzene rings is 2. The van der Waals surface area contributed by atoms with Crippen LogP contribution < -0.4 is 0 Å². The van der Waals surface area contributed by atoms with Gasteiger partial charge >= 0.3 is 6.18 Å². The lowest BCUT2D eigenvalue weighted by Gasteiger charge is -2.19. The summed E-state index contributed by atoms with van der Waals surface area (Å²) < 4.78 is 40.9. The van der Waals surface area contributed by atoms with Crippen molar-refractivity contribution in [3.63, 3.8) is 0 Å². The lowest BCUT2D eigenvalue weighted by atomic mass is 9.98. The van der Waals surface area contributed by atoms with Gasteiger partial charge in [-0.25, -0.2) is 4.68 Å². The normalized spacial score (nSPS) is 15.1. The molecule has 0 spiro atoms. The first-order valence-corrected chi connectivity index (χ1v) is 12.1. The van der Waals surface area contributed by atoms with Crippen molar-refractivity contribution in [3.8, 4) is 17.5 Å². The van der Waals surface area contributed by atoms with E-state index in [-0.39, 0.29) is 11.5 Å². The van der Waals surface area contributed by atoms with E-state index >= 15 is 0 Å². The van der Waals surface area contributed by atoms with Gasteiger partial charge in [-0.15, -0.1) is 0 Å². The van der Waals surface area contributed by atoms with Crippen LogP contribution in [-0.2, 0) is 6.18 Å². The quantitative estimate of drug-likeness (QED) is 0.379. The maximum atomic E-state index is 13.2. The average molecular weight is 505 g/mol. The van der Waals surface area contributed by atoms with E-state index < -0.39 is 11.7 Å². The minimum Gasteiger partial charge on any atom is -0.342 e. The molecule has 1 aliphatic rings. The average Bonchev–Trinajstić information content (AvgIpc) is 3.30. The van der Waals surface area contributed by atoms with Gasteiger partial charge in [0.1, 0.15) is 0 Å². The molecule has 8 heteroatoms. The summed E-state index contributed by atoms with van der Waals surface area (Å²) in [5, 5.41) is 4.24. The van der Waals surface area contributed by atoms with Crippen LogP contribution in [0.15, 0.2) is 78.2 Å². The monoisotopic (exact) mass is 504 g/mol. The Morgan fingerprint density at radius 1 is 1.16 bits per heavy atom. The summed E-state index contributed by atoms with van der Waals surface area (Å²) in [6.45, 7) is 0.607. The van der Waals surface area contributed by atoms with Crippen LogP contribution in [0.3, 0.4) is 0 Å². The van der Waals surface area contributed by atoms with E-state index in [0.717, 1.165) is 37.8 Å². The summed E-state index contributed by atoms with van der Waals surface area (Å²) in [5.74, 6) is 6.08. The fourth-order valence-corrected chi connectivity index (χ4v) is 4.14. The Balaban J connectivity index is 1.53. The molecule has 190 valence electrons. The van der Waals surface area contributed by atoms with Gasteiger partial charge in [0.05, 0.1) is 16.8 Å². The van der Waals surface area contributed by atoms with Crippen LogP contribution in [0.1, 0.15) is 52.7 Å². The molecule has 1 aliphatic heterocycles. The fourth-order valence-electron chi connectivity index (χ4n) is 4.14. The zero-order valence-electron chi connectivity index (χ0n) is 20.4. The van der Waals surface area contributed by atoms with Gasteiger partial charge in [-0.3, -0.25) is 9.79 Å². The van der Waals surface area contributed by atoms with E-state index in [2.05, 4.69) is 28.0 Å². The molecule has 1 unspecified atom stereocenters. The lowest BCUT2D eigenvalue weighted by Crippen LogP contribution is -2.28. The van der Waals surface area contributed by atoms with Gasteiger partial charge in [-0.05, 0) is 74.1 Å². The van der Waals surface area contributed by atoms with Crippen molar-refractivity contribution in [2.75, 3.05) is 13.6 Å². The number of aromatic nitrogens is 2. The molecule has 0 radical (unpaired) electrons. The van der Waals surface area contributed by atoms with Crippen molar-refractivity contribution in [1.29, 1.82) is 0 Å². The van der Waals surface area contributed by atoms with Crippen molar-refractivity contribution in [3.05, 3.63) is 95.5 Å². The molecule has 5 nitrogen and oxygen atoms in total. The fraction of sp³-hybridized carbons (Fsp3) is 0.276. The Morgan fingerprint density at radius 3 is 2.81 bits per heavy atom. The highest BCUT2D eigenvalue weighted by atomic mass is 19.4. The highest BCUT2D eigenvalue weighted by molar-refractivity contribution is 5.94. The van der Waals surface area contributed by atoms with Crippen molar-refractivity contribution in [2.45, 2.75) is 31.9 Å². The second kappa shape index (κ2) is 11.7. The number of alkyl halides is 3. The highest BCUT2D eigenvalue weighted by Crippen LogP contribution is 2.29. The Morgan fingerprint density at radius 2 is 2.03 bits per heavy atom.